The highest BCUT2D eigenvalue weighted by Gasteiger charge is 2.32. The molecule has 1 aliphatic rings. The molecule has 3 aromatic heterocycles. The molecule has 4 rings (SSSR count). The summed E-state index contributed by atoms with van der Waals surface area (Å²) in [6, 6.07) is 6.20. The van der Waals surface area contributed by atoms with Gasteiger partial charge >= 0.3 is 6.18 Å². The minimum absolute atomic E-state index is 0.0769. The number of carbonyl (C=O) groups excluding carboxylic acids is 1. The van der Waals surface area contributed by atoms with E-state index in [0.717, 1.165) is 42.2 Å². The van der Waals surface area contributed by atoms with Crippen molar-refractivity contribution >= 4 is 11.7 Å². The number of aromatic amines is 1. The van der Waals surface area contributed by atoms with Crippen LogP contribution in [0, 0.1) is 0 Å². The van der Waals surface area contributed by atoms with Crippen molar-refractivity contribution in [2.75, 3.05) is 24.5 Å². The van der Waals surface area contributed by atoms with Gasteiger partial charge in [0.2, 0.25) is 5.91 Å². The Morgan fingerprint density at radius 3 is 2.61 bits per heavy atom. The van der Waals surface area contributed by atoms with Crippen molar-refractivity contribution < 1.29 is 18.0 Å². The summed E-state index contributed by atoms with van der Waals surface area (Å²) in [7, 11) is 0. The fourth-order valence-corrected chi connectivity index (χ4v) is 4.01. The fraction of sp³-hybridized carbons (Fsp3) is 0.364. The summed E-state index contributed by atoms with van der Waals surface area (Å²) in [5.41, 5.74) is 7.69. The van der Waals surface area contributed by atoms with Gasteiger partial charge in [-0.15, -0.1) is 0 Å². The lowest BCUT2D eigenvalue weighted by molar-refractivity contribution is -0.137. The summed E-state index contributed by atoms with van der Waals surface area (Å²) < 4.78 is 38.4. The van der Waals surface area contributed by atoms with Crippen LogP contribution in [-0.4, -0.2) is 56.6 Å². The van der Waals surface area contributed by atoms with E-state index in [-0.39, 0.29) is 12.5 Å². The molecule has 4 heterocycles. The van der Waals surface area contributed by atoms with Crippen molar-refractivity contribution in [1.29, 1.82) is 0 Å². The molecule has 0 radical (unpaired) electrons. The molecule has 174 valence electrons. The molecule has 3 aromatic rings. The summed E-state index contributed by atoms with van der Waals surface area (Å²) >= 11 is 0. The van der Waals surface area contributed by atoms with Gasteiger partial charge in [0.25, 0.3) is 0 Å². The van der Waals surface area contributed by atoms with Gasteiger partial charge in [-0.1, -0.05) is 0 Å². The first-order valence-electron chi connectivity index (χ1n) is 10.5. The quantitative estimate of drug-likeness (QED) is 0.587. The smallest absolute Gasteiger partial charge is 0.369 e. The Morgan fingerprint density at radius 1 is 1.18 bits per heavy atom. The standard InChI is InChI=1S/C22H24F3N7O/c1-14-12-31(6-7-32(14)20-5-3-17(11-28-20)22(23,24)25)13-16-10-29-30-21(16)15-2-4-18(27-9-15)8-19(26)33/h2-5,9-11,14H,6-8,12-13H2,1H3,(H2,26,33)(H,29,30). The molecule has 0 bridgehead atoms. The van der Waals surface area contributed by atoms with Crippen LogP contribution >= 0.6 is 0 Å². The Kier molecular flexibility index (Phi) is 6.32. The summed E-state index contributed by atoms with van der Waals surface area (Å²) in [5.74, 6) is 0.108. The maximum absolute atomic E-state index is 12.8. The molecule has 0 spiro atoms. The van der Waals surface area contributed by atoms with E-state index in [1.807, 2.05) is 24.1 Å². The van der Waals surface area contributed by atoms with Crippen LogP contribution in [0.1, 0.15) is 23.7 Å². The highest BCUT2D eigenvalue weighted by molar-refractivity contribution is 5.76. The number of halogens is 3. The molecular formula is C22H24F3N7O. The van der Waals surface area contributed by atoms with Crippen LogP contribution in [0.15, 0.2) is 42.9 Å². The zero-order valence-electron chi connectivity index (χ0n) is 18.0. The Morgan fingerprint density at radius 2 is 2.00 bits per heavy atom. The van der Waals surface area contributed by atoms with E-state index in [4.69, 9.17) is 5.73 Å². The highest BCUT2D eigenvalue weighted by atomic mass is 19.4. The number of pyridine rings is 2. The molecule has 1 aliphatic heterocycles. The molecule has 0 aromatic carbocycles. The Balaban J connectivity index is 1.40. The van der Waals surface area contributed by atoms with E-state index in [0.29, 0.717) is 24.6 Å². The van der Waals surface area contributed by atoms with Crippen molar-refractivity contribution in [1.82, 2.24) is 25.1 Å². The number of anilines is 1. The molecule has 1 unspecified atom stereocenters. The second kappa shape index (κ2) is 9.18. The third-order valence-corrected chi connectivity index (χ3v) is 5.65. The second-order valence-electron chi connectivity index (χ2n) is 8.12. The number of H-pyrrole nitrogens is 1. The van der Waals surface area contributed by atoms with Gasteiger partial charge in [-0.3, -0.25) is 19.8 Å². The van der Waals surface area contributed by atoms with Crippen LogP contribution in [0.2, 0.25) is 0 Å². The van der Waals surface area contributed by atoms with Crippen LogP contribution in [-0.2, 0) is 23.9 Å². The van der Waals surface area contributed by atoms with E-state index in [1.165, 1.54) is 6.07 Å². The minimum atomic E-state index is -4.39. The predicted octanol–water partition coefficient (Wildman–Crippen LogP) is 2.62. The van der Waals surface area contributed by atoms with Crippen molar-refractivity contribution in [2.24, 2.45) is 5.73 Å². The second-order valence-corrected chi connectivity index (χ2v) is 8.12. The number of alkyl halides is 3. The van der Waals surface area contributed by atoms with Crippen LogP contribution in [0.25, 0.3) is 11.3 Å². The molecule has 33 heavy (non-hydrogen) atoms. The molecule has 8 nitrogen and oxygen atoms in total. The van der Waals surface area contributed by atoms with E-state index in [9.17, 15) is 18.0 Å². The number of aromatic nitrogens is 4. The molecule has 1 amide bonds. The van der Waals surface area contributed by atoms with Crippen LogP contribution in [0.3, 0.4) is 0 Å². The number of amides is 1. The lowest BCUT2D eigenvalue weighted by Gasteiger charge is -2.40. The monoisotopic (exact) mass is 459 g/mol. The number of nitrogens with zero attached hydrogens (tertiary/aromatic N) is 5. The molecule has 1 fully saturated rings. The molecule has 3 N–H and O–H groups in total. The number of primary amides is 1. The minimum Gasteiger partial charge on any atom is -0.369 e. The zero-order chi connectivity index (χ0) is 23.6. The lowest BCUT2D eigenvalue weighted by Crippen LogP contribution is -2.51. The predicted molar refractivity (Wildman–Crippen MR) is 116 cm³/mol. The van der Waals surface area contributed by atoms with Crippen LogP contribution in [0.4, 0.5) is 19.0 Å². The SMILES string of the molecule is CC1CN(Cc2c[nH]nc2-c2ccc(CC(N)=O)nc2)CCN1c1ccc(C(F)(F)F)cn1. The van der Waals surface area contributed by atoms with E-state index >= 15 is 0 Å². The maximum Gasteiger partial charge on any atom is 0.417 e. The molecule has 1 saturated heterocycles. The van der Waals surface area contributed by atoms with Gasteiger partial charge < -0.3 is 10.6 Å². The molecule has 11 heteroatoms. The van der Waals surface area contributed by atoms with Gasteiger partial charge in [0, 0.05) is 67.6 Å². The number of piperazine rings is 1. The van der Waals surface area contributed by atoms with Gasteiger partial charge in [0.05, 0.1) is 17.7 Å². The van der Waals surface area contributed by atoms with Gasteiger partial charge in [-0.2, -0.15) is 18.3 Å². The van der Waals surface area contributed by atoms with Crippen molar-refractivity contribution in [3.63, 3.8) is 0 Å². The summed E-state index contributed by atoms with van der Waals surface area (Å²) in [6.45, 7) is 4.79. The lowest BCUT2D eigenvalue weighted by atomic mass is 10.1. The number of hydrogen-bond donors (Lipinski definition) is 2. The normalized spacial score (nSPS) is 17.3. The Labute approximate surface area is 188 Å². The topological polar surface area (TPSA) is 104 Å². The van der Waals surface area contributed by atoms with Crippen LogP contribution < -0.4 is 10.6 Å². The van der Waals surface area contributed by atoms with Crippen molar-refractivity contribution in [2.45, 2.75) is 32.1 Å². The zero-order valence-corrected chi connectivity index (χ0v) is 18.0. The Bertz CT molecular complexity index is 1100. The van der Waals surface area contributed by atoms with Crippen molar-refractivity contribution in [3.8, 4) is 11.3 Å². The van der Waals surface area contributed by atoms with E-state index in [2.05, 4.69) is 25.1 Å². The number of carbonyl (C=O) groups is 1. The first-order valence-corrected chi connectivity index (χ1v) is 10.5. The summed E-state index contributed by atoms with van der Waals surface area (Å²) in [5, 5.41) is 7.26. The molecule has 0 aliphatic carbocycles. The average molecular weight is 459 g/mol. The molecule has 1 atom stereocenters. The van der Waals surface area contributed by atoms with Crippen molar-refractivity contribution in [3.05, 3.63) is 59.7 Å². The van der Waals surface area contributed by atoms with E-state index < -0.39 is 17.6 Å². The highest BCUT2D eigenvalue weighted by Crippen LogP contribution is 2.30. The van der Waals surface area contributed by atoms with Gasteiger partial charge in [-0.25, -0.2) is 4.98 Å². The fourth-order valence-electron chi connectivity index (χ4n) is 4.01. The summed E-state index contributed by atoms with van der Waals surface area (Å²) in [6.07, 6.45) is 0.101. The maximum atomic E-state index is 12.8. The number of nitrogens with two attached hydrogens (primary N) is 1. The third kappa shape index (κ3) is 5.30. The number of nitrogens with one attached hydrogen (secondary N) is 1. The molecule has 0 saturated carbocycles. The number of hydrogen-bond acceptors (Lipinski definition) is 6. The number of rotatable bonds is 6. The average Bonchev–Trinajstić information content (AvgIpc) is 3.21. The van der Waals surface area contributed by atoms with Gasteiger partial charge in [0.15, 0.2) is 0 Å². The van der Waals surface area contributed by atoms with E-state index in [1.54, 1.807) is 12.3 Å². The first kappa shape index (κ1) is 22.7. The Hall–Kier alpha value is -3.47. The summed E-state index contributed by atoms with van der Waals surface area (Å²) in [4.78, 5) is 23.7. The molecular weight excluding hydrogens is 435 g/mol. The largest absolute Gasteiger partial charge is 0.417 e. The van der Waals surface area contributed by atoms with Crippen LogP contribution in [0.5, 0.6) is 0 Å². The van der Waals surface area contributed by atoms with Gasteiger partial charge in [0.1, 0.15) is 5.82 Å². The first-order chi connectivity index (χ1) is 15.7. The van der Waals surface area contributed by atoms with Gasteiger partial charge in [-0.05, 0) is 31.2 Å². The third-order valence-electron chi connectivity index (χ3n) is 5.65.